The largest absolute Gasteiger partial charge is 0.490 e. The molecule has 5 aliphatic rings. The Kier molecular flexibility index (Phi) is 11.5. The van der Waals surface area contributed by atoms with Gasteiger partial charge >= 0.3 is 0 Å². The molecule has 3 heteroatoms. The van der Waals surface area contributed by atoms with E-state index in [4.69, 9.17) is 9.47 Å². The number of ketones is 1. The maximum absolute atomic E-state index is 14.9. The highest BCUT2D eigenvalue weighted by Crippen LogP contribution is 2.55. The van der Waals surface area contributed by atoms with E-state index in [2.05, 4.69) is 92.8 Å². The summed E-state index contributed by atoms with van der Waals surface area (Å²) in [6.45, 7) is 5.75. The van der Waals surface area contributed by atoms with E-state index in [1.807, 2.05) is 0 Å². The number of fused-ring (bicyclic) bond motifs is 6. The molecule has 0 spiro atoms. The van der Waals surface area contributed by atoms with E-state index < -0.39 is 0 Å². The van der Waals surface area contributed by atoms with Gasteiger partial charge in [0.2, 0.25) is 11.5 Å². The van der Waals surface area contributed by atoms with Gasteiger partial charge in [0.05, 0.1) is 19.1 Å². The molecular formula is C54H62O3. The molecule has 0 N–H and O–H groups in total. The van der Waals surface area contributed by atoms with Gasteiger partial charge in [-0.1, -0.05) is 188 Å². The number of rotatable bonds is 20. The maximum Gasteiger partial charge on any atom is 0.208 e. The first-order valence-electron chi connectivity index (χ1n) is 22.9. The lowest BCUT2D eigenvalue weighted by Crippen LogP contribution is -2.41. The number of carbonyl (C=O) groups excluding carboxylic acids is 1. The van der Waals surface area contributed by atoms with E-state index in [0.717, 1.165) is 32.1 Å². The van der Waals surface area contributed by atoms with Crippen LogP contribution in [0.3, 0.4) is 0 Å². The third-order valence-electron chi connectivity index (χ3n) is 13.9. The lowest BCUT2D eigenvalue weighted by Gasteiger charge is -2.45. The second-order valence-corrected chi connectivity index (χ2v) is 17.7. The van der Waals surface area contributed by atoms with Gasteiger partial charge in [-0.25, -0.2) is 0 Å². The third-order valence-corrected chi connectivity index (χ3v) is 13.9. The molecule has 4 aromatic rings. The van der Waals surface area contributed by atoms with Gasteiger partial charge in [-0.15, -0.1) is 0 Å². The number of hydrogen-bond donors (Lipinski definition) is 0. The van der Waals surface area contributed by atoms with Crippen molar-refractivity contribution in [3.8, 4) is 11.1 Å². The molecule has 0 aliphatic heterocycles. The number of allylic oxidation sites excluding steroid dienone is 6. The zero-order valence-electron chi connectivity index (χ0n) is 34.6. The summed E-state index contributed by atoms with van der Waals surface area (Å²) in [7, 11) is 0. The van der Waals surface area contributed by atoms with Crippen LogP contribution < -0.4 is 5.22 Å². The van der Waals surface area contributed by atoms with Gasteiger partial charge in [-0.05, 0) is 91.9 Å². The van der Waals surface area contributed by atoms with Gasteiger partial charge in [0.25, 0.3) is 0 Å². The Morgan fingerprint density at radius 2 is 1.28 bits per heavy atom. The van der Waals surface area contributed by atoms with Gasteiger partial charge in [0, 0.05) is 11.8 Å². The molecule has 9 rings (SSSR count). The average Bonchev–Trinajstić information content (AvgIpc) is 3.24. The molecule has 0 heterocycles. The molecule has 0 aromatic heterocycles. The fraction of sp³-hybridized carbons (Fsp3) is 0.463. The highest BCUT2D eigenvalue weighted by molar-refractivity contribution is 6.20. The topological polar surface area (TPSA) is 35.5 Å². The molecule has 3 atom stereocenters. The Hall–Kier alpha value is -4.37. The van der Waals surface area contributed by atoms with Gasteiger partial charge in [-0.3, -0.25) is 4.79 Å². The minimum Gasteiger partial charge on any atom is -0.490 e. The summed E-state index contributed by atoms with van der Waals surface area (Å²) in [6.07, 6.45) is 33.5. The number of unbranched alkanes of at least 4 members (excludes halogenated alkanes) is 14. The van der Waals surface area contributed by atoms with E-state index >= 15 is 0 Å². The molecule has 0 bridgehead atoms. The highest BCUT2D eigenvalue weighted by Gasteiger charge is 2.48. The van der Waals surface area contributed by atoms with Crippen LogP contribution in [0.2, 0.25) is 0 Å². The second kappa shape index (κ2) is 17.2. The number of benzene rings is 4. The van der Waals surface area contributed by atoms with Crippen molar-refractivity contribution >= 4 is 39.5 Å². The standard InChI is InChI=1S/C54H62O3/c1-3-5-7-9-11-13-15-19-31-56-47-35-39-34-38-24-26-43-42-25-23-37-33-36-21-17-18-22-40(36)41-27-28-44(51(42)48(37)41)45-29-30-46(49(38)52(43)45)50(39)53(55)54(47)57-32-20-16-14-12-10-8-6-4-2/h17-18,21-30,35,46,49-50H,3-16,19-20,31-34H2,1-2H3. The molecule has 296 valence electrons. The molecular weight excluding hydrogens is 697 g/mol. The van der Waals surface area contributed by atoms with Crippen LogP contribution in [0.1, 0.15) is 151 Å². The van der Waals surface area contributed by atoms with Crippen LogP contribution in [0.15, 0.2) is 89.4 Å². The van der Waals surface area contributed by atoms with Gasteiger partial charge < -0.3 is 9.47 Å². The molecule has 1 fully saturated rings. The molecule has 0 amide bonds. The molecule has 57 heavy (non-hydrogen) atoms. The van der Waals surface area contributed by atoms with E-state index in [0.29, 0.717) is 24.7 Å². The Morgan fingerprint density at radius 3 is 2.04 bits per heavy atom. The van der Waals surface area contributed by atoms with Crippen molar-refractivity contribution < 1.29 is 14.3 Å². The first-order chi connectivity index (χ1) is 28.2. The van der Waals surface area contributed by atoms with Crippen molar-refractivity contribution in [1.29, 1.82) is 0 Å². The van der Waals surface area contributed by atoms with Crippen LogP contribution in [-0.4, -0.2) is 19.0 Å². The third kappa shape index (κ3) is 7.23. The molecule has 3 nitrogen and oxygen atoms in total. The number of hydrogen-bond acceptors (Lipinski definition) is 3. The normalized spacial score (nSPS) is 19.9. The van der Waals surface area contributed by atoms with Crippen LogP contribution in [0.4, 0.5) is 0 Å². The summed E-state index contributed by atoms with van der Waals surface area (Å²) in [5.74, 6) is 1.29. The van der Waals surface area contributed by atoms with Crippen molar-refractivity contribution in [2.75, 3.05) is 13.2 Å². The predicted octanol–water partition coefficient (Wildman–Crippen LogP) is 13.8. The van der Waals surface area contributed by atoms with E-state index in [9.17, 15) is 4.79 Å². The minimum atomic E-state index is -0.228. The summed E-state index contributed by atoms with van der Waals surface area (Å²) < 4.78 is 13.0. The number of carbonyl (C=O) groups is 1. The Balaban J connectivity index is 0.994. The number of Topliss-reactive ketones (excluding diaryl/α,β-unsaturated/α-hetero) is 1. The second-order valence-electron chi connectivity index (χ2n) is 17.7. The monoisotopic (exact) mass is 758 g/mol. The first kappa shape index (κ1) is 38.2. The van der Waals surface area contributed by atoms with Gasteiger partial charge in [-0.2, -0.15) is 0 Å². The molecule has 0 radical (unpaired) electrons. The summed E-state index contributed by atoms with van der Waals surface area (Å²) >= 11 is 0. The fourth-order valence-corrected chi connectivity index (χ4v) is 11.0. The van der Waals surface area contributed by atoms with E-state index in [1.165, 1.54) is 155 Å². The average molecular weight is 759 g/mol. The van der Waals surface area contributed by atoms with Crippen molar-refractivity contribution in [3.63, 3.8) is 0 Å². The van der Waals surface area contributed by atoms with Gasteiger partial charge in [0.15, 0.2) is 5.76 Å². The fourth-order valence-electron chi connectivity index (χ4n) is 11.0. The molecule has 5 aliphatic carbocycles. The summed E-state index contributed by atoms with van der Waals surface area (Å²) in [5.41, 5.74) is 10.9. The van der Waals surface area contributed by atoms with E-state index in [-0.39, 0.29) is 23.5 Å². The lowest BCUT2D eigenvalue weighted by molar-refractivity contribution is -0.123. The predicted molar refractivity (Wildman–Crippen MR) is 238 cm³/mol. The smallest absolute Gasteiger partial charge is 0.208 e. The SMILES string of the molecule is CCCCCCCCCCOC1=C(OCCCCCCCCCC)C(=O)C2C(=C1)CC1=CC=c3c4c(c5ccc6c7c(ccc3c57)Cc3ccccc3-6)C=CC2C14. The zero-order valence-corrected chi connectivity index (χ0v) is 34.6. The summed E-state index contributed by atoms with van der Waals surface area (Å²) in [6, 6.07) is 18.4. The Labute approximate surface area is 341 Å². The Bertz CT molecular complexity index is 2330. The lowest BCUT2D eigenvalue weighted by atomic mass is 9.58. The minimum absolute atomic E-state index is 0.0588. The summed E-state index contributed by atoms with van der Waals surface area (Å²) in [4.78, 5) is 14.9. The Morgan fingerprint density at radius 1 is 0.596 bits per heavy atom. The van der Waals surface area contributed by atoms with Crippen LogP contribution in [0.5, 0.6) is 0 Å². The maximum atomic E-state index is 14.9. The zero-order chi connectivity index (χ0) is 38.7. The van der Waals surface area contributed by atoms with Crippen LogP contribution >= 0.6 is 0 Å². The van der Waals surface area contributed by atoms with Gasteiger partial charge in [0.1, 0.15) is 0 Å². The molecule has 4 aromatic carbocycles. The van der Waals surface area contributed by atoms with Crippen molar-refractivity contribution in [1.82, 2.24) is 0 Å². The summed E-state index contributed by atoms with van der Waals surface area (Å²) in [5, 5.41) is 6.84. The van der Waals surface area contributed by atoms with E-state index in [1.54, 1.807) is 0 Å². The first-order valence-corrected chi connectivity index (χ1v) is 22.9. The molecule has 0 saturated heterocycles. The van der Waals surface area contributed by atoms with Crippen LogP contribution in [-0.2, 0) is 20.7 Å². The van der Waals surface area contributed by atoms with Crippen molar-refractivity contribution in [2.45, 2.75) is 135 Å². The quantitative estimate of drug-likeness (QED) is 0.0742. The molecule has 1 saturated carbocycles. The highest BCUT2D eigenvalue weighted by atomic mass is 16.5. The van der Waals surface area contributed by atoms with Crippen LogP contribution in [0.25, 0.3) is 44.8 Å². The van der Waals surface area contributed by atoms with Crippen molar-refractivity contribution in [3.05, 3.63) is 117 Å². The number of ether oxygens (including phenoxy) is 2. The van der Waals surface area contributed by atoms with Crippen LogP contribution in [0, 0.1) is 11.8 Å². The molecule has 3 unspecified atom stereocenters. The van der Waals surface area contributed by atoms with Crippen molar-refractivity contribution in [2.24, 2.45) is 11.8 Å².